The normalized spacial score (nSPS) is 16.7. The molecular formula is C21H23ClN2O6S. The summed E-state index contributed by atoms with van der Waals surface area (Å²) in [5.41, 5.74) is 0.649. The van der Waals surface area contributed by atoms with Gasteiger partial charge in [0.2, 0.25) is 15.9 Å². The SMILES string of the molecule is COc1ccc(S(=O)(=O)N2CCCC2C(=O)Nc2cc(C(C)=O)ccc2Cl)cc1OC. The number of ketones is 1. The molecule has 0 aromatic heterocycles. The lowest BCUT2D eigenvalue weighted by atomic mass is 10.1. The third kappa shape index (κ3) is 4.68. The van der Waals surface area contributed by atoms with Gasteiger partial charge in [0, 0.05) is 18.2 Å². The number of methoxy groups -OCH3 is 2. The van der Waals surface area contributed by atoms with Crippen LogP contribution in [0.25, 0.3) is 0 Å². The molecule has 2 aromatic rings. The van der Waals surface area contributed by atoms with Crippen LogP contribution in [-0.2, 0) is 14.8 Å². The maximum atomic E-state index is 13.3. The molecule has 1 fully saturated rings. The lowest BCUT2D eigenvalue weighted by Gasteiger charge is -2.24. The van der Waals surface area contributed by atoms with E-state index in [1.165, 1.54) is 55.8 Å². The molecule has 10 heteroatoms. The summed E-state index contributed by atoms with van der Waals surface area (Å²) < 4.78 is 38.1. The van der Waals surface area contributed by atoms with E-state index in [-0.39, 0.29) is 33.7 Å². The molecular weight excluding hydrogens is 444 g/mol. The van der Waals surface area contributed by atoms with Gasteiger partial charge in [-0.2, -0.15) is 4.31 Å². The number of nitrogens with one attached hydrogen (secondary N) is 1. The van der Waals surface area contributed by atoms with Gasteiger partial charge in [0.1, 0.15) is 6.04 Å². The van der Waals surface area contributed by atoms with Gasteiger partial charge in [-0.05, 0) is 50.1 Å². The first kappa shape index (κ1) is 23.1. The number of hydrogen-bond donors (Lipinski definition) is 1. The molecule has 0 aliphatic carbocycles. The maximum Gasteiger partial charge on any atom is 0.243 e. The summed E-state index contributed by atoms with van der Waals surface area (Å²) in [7, 11) is -1.09. The Hall–Kier alpha value is -2.62. The predicted octanol–water partition coefficient (Wildman–Crippen LogP) is 3.35. The smallest absolute Gasteiger partial charge is 0.243 e. The van der Waals surface area contributed by atoms with Gasteiger partial charge in [-0.15, -0.1) is 0 Å². The van der Waals surface area contributed by atoms with Gasteiger partial charge in [-0.25, -0.2) is 8.42 Å². The number of sulfonamides is 1. The first-order chi connectivity index (χ1) is 14.7. The molecule has 1 amide bonds. The van der Waals surface area contributed by atoms with Crippen LogP contribution >= 0.6 is 11.6 Å². The maximum absolute atomic E-state index is 13.3. The summed E-state index contributed by atoms with van der Waals surface area (Å²) in [6.45, 7) is 1.61. The second-order valence-electron chi connectivity index (χ2n) is 7.03. The molecule has 2 aromatic carbocycles. The monoisotopic (exact) mass is 466 g/mol. The zero-order chi connectivity index (χ0) is 22.8. The number of rotatable bonds is 7. The number of anilines is 1. The molecule has 1 aliphatic heterocycles. The van der Waals surface area contributed by atoms with E-state index in [9.17, 15) is 18.0 Å². The Balaban J connectivity index is 1.88. The van der Waals surface area contributed by atoms with Gasteiger partial charge in [0.25, 0.3) is 0 Å². The highest BCUT2D eigenvalue weighted by molar-refractivity contribution is 7.89. The Morgan fingerprint density at radius 3 is 2.45 bits per heavy atom. The summed E-state index contributed by atoms with van der Waals surface area (Å²) in [6.07, 6.45) is 0.897. The van der Waals surface area contributed by atoms with Crippen molar-refractivity contribution in [2.24, 2.45) is 0 Å². The van der Waals surface area contributed by atoms with Crippen molar-refractivity contribution in [3.05, 3.63) is 47.0 Å². The third-order valence-corrected chi connectivity index (χ3v) is 7.33. The molecule has 1 unspecified atom stereocenters. The highest BCUT2D eigenvalue weighted by atomic mass is 35.5. The Bertz CT molecular complexity index is 1120. The van der Waals surface area contributed by atoms with Crippen LogP contribution in [0, 0.1) is 0 Å². The van der Waals surface area contributed by atoms with E-state index in [2.05, 4.69) is 5.32 Å². The fourth-order valence-electron chi connectivity index (χ4n) is 3.46. The number of nitrogens with zero attached hydrogens (tertiary/aromatic N) is 1. The van der Waals surface area contributed by atoms with Gasteiger partial charge in [-0.3, -0.25) is 9.59 Å². The van der Waals surface area contributed by atoms with Crippen LogP contribution in [0.1, 0.15) is 30.1 Å². The second kappa shape index (κ2) is 9.25. The minimum atomic E-state index is -3.96. The zero-order valence-corrected chi connectivity index (χ0v) is 18.9. The average Bonchev–Trinajstić information content (AvgIpc) is 3.25. The van der Waals surface area contributed by atoms with Crippen molar-refractivity contribution in [1.29, 1.82) is 0 Å². The first-order valence-corrected chi connectivity index (χ1v) is 11.4. The minimum Gasteiger partial charge on any atom is -0.493 e. The number of benzene rings is 2. The number of hydrogen-bond acceptors (Lipinski definition) is 6. The van der Waals surface area contributed by atoms with E-state index in [1.807, 2.05) is 0 Å². The van der Waals surface area contributed by atoms with Gasteiger partial charge >= 0.3 is 0 Å². The number of halogens is 1. The molecule has 0 saturated carbocycles. The fraction of sp³-hybridized carbons (Fsp3) is 0.333. The standard InChI is InChI=1S/C21H23ClN2O6S/c1-13(25)14-6-8-16(22)17(11-14)23-21(26)18-5-4-10-24(18)31(27,28)15-7-9-19(29-2)20(12-15)30-3/h6-9,11-12,18H,4-5,10H2,1-3H3,(H,23,26). The second-order valence-corrected chi connectivity index (χ2v) is 9.33. The molecule has 1 saturated heterocycles. The summed E-state index contributed by atoms with van der Waals surface area (Å²) in [5, 5.41) is 2.92. The molecule has 1 atom stereocenters. The number of carbonyl (C=O) groups excluding carboxylic acids is 2. The summed E-state index contributed by atoms with van der Waals surface area (Å²) in [5.74, 6) is -0.0105. The topological polar surface area (TPSA) is 102 Å². The molecule has 0 radical (unpaired) electrons. The van der Waals surface area contributed by atoms with Crippen molar-refractivity contribution in [3.63, 3.8) is 0 Å². The third-order valence-electron chi connectivity index (χ3n) is 5.10. The number of ether oxygens (including phenoxy) is 2. The zero-order valence-electron chi connectivity index (χ0n) is 17.3. The molecule has 8 nitrogen and oxygen atoms in total. The van der Waals surface area contributed by atoms with Gasteiger partial charge < -0.3 is 14.8 Å². The Morgan fingerprint density at radius 1 is 1.10 bits per heavy atom. The van der Waals surface area contributed by atoms with Crippen molar-refractivity contribution in [2.45, 2.75) is 30.7 Å². The van der Waals surface area contributed by atoms with Crippen LogP contribution in [0.5, 0.6) is 11.5 Å². The molecule has 1 N–H and O–H groups in total. The highest BCUT2D eigenvalue weighted by Gasteiger charge is 2.40. The van der Waals surface area contributed by atoms with E-state index < -0.39 is 22.0 Å². The quantitative estimate of drug-likeness (QED) is 0.628. The van der Waals surface area contributed by atoms with Gasteiger partial charge in [-0.1, -0.05) is 11.6 Å². The Labute approximate surface area is 186 Å². The first-order valence-electron chi connectivity index (χ1n) is 9.54. The van der Waals surface area contributed by atoms with E-state index in [0.29, 0.717) is 24.2 Å². The van der Waals surface area contributed by atoms with Crippen LogP contribution in [0.3, 0.4) is 0 Å². The Morgan fingerprint density at radius 2 is 1.81 bits per heavy atom. The molecule has 0 spiro atoms. The van der Waals surface area contributed by atoms with Gasteiger partial charge in [0.05, 0.1) is 29.8 Å². The van der Waals surface area contributed by atoms with E-state index >= 15 is 0 Å². The Kier molecular flexibility index (Phi) is 6.88. The van der Waals surface area contributed by atoms with E-state index in [1.54, 1.807) is 6.07 Å². The molecule has 166 valence electrons. The largest absolute Gasteiger partial charge is 0.493 e. The fourth-order valence-corrected chi connectivity index (χ4v) is 5.30. The van der Waals surface area contributed by atoms with Crippen molar-refractivity contribution in [3.8, 4) is 11.5 Å². The lowest BCUT2D eigenvalue weighted by molar-refractivity contribution is -0.119. The summed E-state index contributed by atoms with van der Waals surface area (Å²) in [4.78, 5) is 24.6. The van der Waals surface area contributed by atoms with E-state index in [4.69, 9.17) is 21.1 Å². The molecule has 31 heavy (non-hydrogen) atoms. The number of carbonyl (C=O) groups is 2. The molecule has 3 rings (SSSR count). The van der Waals surface area contributed by atoms with Gasteiger partial charge in [0.15, 0.2) is 17.3 Å². The van der Waals surface area contributed by atoms with Crippen molar-refractivity contribution >= 4 is 39.0 Å². The van der Waals surface area contributed by atoms with Crippen LogP contribution in [0.4, 0.5) is 5.69 Å². The molecule has 1 heterocycles. The highest BCUT2D eigenvalue weighted by Crippen LogP contribution is 2.33. The lowest BCUT2D eigenvalue weighted by Crippen LogP contribution is -2.43. The molecule has 0 bridgehead atoms. The van der Waals surface area contributed by atoms with Crippen LogP contribution in [0.15, 0.2) is 41.3 Å². The molecule has 1 aliphatic rings. The van der Waals surface area contributed by atoms with E-state index in [0.717, 1.165) is 0 Å². The summed E-state index contributed by atoms with van der Waals surface area (Å²) in [6, 6.07) is 7.93. The van der Waals surface area contributed by atoms with Crippen LogP contribution < -0.4 is 14.8 Å². The van der Waals surface area contributed by atoms with Crippen molar-refractivity contribution in [2.75, 3.05) is 26.1 Å². The summed E-state index contributed by atoms with van der Waals surface area (Å²) >= 11 is 6.15. The van der Waals surface area contributed by atoms with Crippen LogP contribution in [0.2, 0.25) is 5.02 Å². The van der Waals surface area contributed by atoms with Crippen molar-refractivity contribution < 1.29 is 27.5 Å². The predicted molar refractivity (Wildman–Crippen MR) is 117 cm³/mol. The average molecular weight is 467 g/mol. The van der Waals surface area contributed by atoms with Crippen molar-refractivity contribution in [1.82, 2.24) is 4.31 Å². The minimum absolute atomic E-state index is 0.00135. The number of Topliss-reactive ketones (excluding diaryl/α,β-unsaturated/α-hetero) is 1. The number of amides is 1. The van der Waals surface area contributed by atoms with Crippen LogP contribution in [-0.4, -0.2) is 51.2 Å².